The van der Waals surface area contributed by atoms with Crippen molar-refractivity contribution >= 4 is 80.5 Å². The van der Waals surface area contributed by atoms with E-state index in [1.54, 1.807) is 12.1 Å². The number of hydrogen-bond acceptors (Lipinski definition) is 6. The molecule has 1 saturated heterocycles. The number of non-ortho nitro benzene ring substituents is 1. The number of nitro groups is 1. The van der Waals surface area contributed by atoms with Crippen LogP contribution in [0.4, 0.5) is 16.2 Å². The molecule has 0 unspecified atom stereocenters. The maximum absolute atomic E-state index is 12.5. The first-order chi connectivity index (χ1) is 13.7. The molecule has 11 heteroatoms. The molecule has 1 aliphatic rings. The minimum absolute atomic E-state index is 0.0273. The molecule has 1 N–H and O–H groups in total. The van der Waals surface area contributed by atoms with Crippen LogP contribution in [0.2, 0.25) is 5.02 Å². The molecule has 0 aromatic heterocycles. The van der Waals surface area contributed by atoms with E-state index in [0.29, 0.717) is 17.4 Å². The number of carbonyl (C=O) groups excluding carboxylic acids is 3. The first-order valence-corrected chi connectivity index (χ1v) is 10.3. The zero-order valence-electron chi connectivity index (χ0n) is 14.4. The van der Waals surface area contributed by atoms with Gasteiger partial charge in [0, 0.05) is 32.0 Å². The Morgan fingerprint density at radius 1 is 1.24 bits per heavy atom. The number of imide groups is 1. The van der Waals surface area contributed by atoms with Crippen LogP contribution in [0.5, 0.6) is 0 Å². The number of anilines is 1. The van der Waals surface area contributed by atoms with Crippen molar-refractivity contribution in [1.82, 2.24) is 4.90 Å². The molecule has 148 valence electrons. The highest BCUT2D eigenvalue weighted by Crippen LogP contribution is 2.34. The summed E-state index contributed by atoms with van der Waals surface area (Å²) in [5.41, 5.74) is 0.577. The van der Waals surface area contributed by atoms with Crippen molar-refractivity contribution in [2.75, 3.05) is 11.9 Å². The van der Waals surface area contributed by atoms with Gasteiger partial charge in [0.15, 0.2) is 0 Å². The Labute approximate surface area is 187 Å². The number of rotatable bonds is 5. The number of amides is 3. The van der Waals surface area contributed by atoms with E-state index in [1.807, 2.05) is 12.1 Å². The lowest BCUT2D eigenvalue weighted by Crippen LogP contribution is -2.36. The molecule has 2 aromatic carbocycles. The Morgan fingerprint density at radius 2 is 1.93 bits per heavy atom. The highest BCUT2D eigenvalue weighted by molar-refractivity contribution is 14.1. The molecule has 0 atom stereocenters. The molecular weight excluding hydrogens is 533 g/mol. The Morgan fingerprint density at radius 3 is 2.59 bits per heavy atom. The fraction of sp³-hybridized carbons (Fsp3) is 0.0556. The second-order valence-electron chi connectivity index (χ2n) is 5.79. The standard InChI is InChI=1S/C18H11ClIN3O5S/c19-14-6-5-13(23(27)28)7-10(14)8-15-17(25)22(18(26)29-15)9-16(24)21-12-3-1-11(20)2-4-12/h1-8H,9H2,(H,21,24)/b15-8-. The van der Waals surface area contributed by atoms with Gasteiger partial charge in [-0.1, -0.05) is 11.6 Å². The molecule has 1 fully saturated rings. The predicted molar refractivity (Wildman–Crippen MR) is 119 cm³/mol. The van der Waals surface area contributed by atoms with Gasteiger partial charge in [-0.15, -0.1) is 0 Å². The molecule has 1 heterocycles. The molecule has 0 bridgehead atoms. The zero-order valence-corrected chi connectivity index (χ0v) is 18.2. The summed E-state index contributed by atoms with van der Waals surface area (Å²) in [6.07, 6.45) is 1.30. The number of nitrogens with one attached hydrogen (secondary N) is 1. The van der Waals surface area contributed by atoms with Crippen LogP contribution in [0.3, 0.4) is 0 Å². The number of nitro benzene ring substituents is 1. The SMILES string of the molecule is O=C(CN1C(=O)S/C(=C\c2cc([N+](=O)[O-])ccc2Cl)C1=O)Nc1ccc(I)cc1. The summed E-state index contributed by atoms with van der Waals surface area (Å²) in [6.45, 7) is -0.448. The molecule has 8 nitrogen and oxygen atoms in total. The molecule has 0 radical (unpaired) electrons. The summed E-state index contributed by atoms with van der Waals surface area (Å²) in [5, 5.41) is 13.1. The average molecular weight is 544 g/mol. The molecule has 29 heavy (non-hydrogen) atoms. The van der Waals surface area contributed by atoms with Gasteiger partial charge >= 0.3 is 0 Å². The maximum Gasteiger partial charge on any atom is 0.294 e. The summed E-state index contributed by atoms with van der Waals surface area (Å²) in [4.78, 5) is 48.1. The van der Waals surface area contributed by atoms with E-state index in [0.717, 1.165) is 8.47 Å². The van der Waals surface area contributed by atoms with Crippen LogP contribution >= 0.6 is 46.0 Å². The molecule has 0 saturated carbocycles. The first-order valence-electron chi connectivity index (χ1n) is 7.99. The quantitative estimate of drug-likeness (QED) is 0.257. The van der Waals surface area contributed by atoms with E-state index in [-0.39, 0.29) is 21.2 Å². The first kappa shape index (κ1) is 21.3. The molecule has 0 aliphatic carbocycles. The number of benzene rings is 2. The average Bonchev–Trinajstić information content (AvgIpc) is 2.92. The fourth-order valence-electron chi connectivity index (χ4n) is 2.41. The Hall–Kier alpha value is -2.44. The van der Waals surface area contributed by atoms with Crippen LogP contribution in [0, 0.1) is 13.7 Å². The minimum atomic E-state index is -0.666. The number of halogens is 2. The molecule has 2 aromatic rings. The van der Waals surface area contributed by atoms with E-state index in [2.05, 4.69) is 27.9 Å². The summed E-state index contributed by atoms with van der Waals surface area (Å²) in [6, 6.07) is 10.8. The minimum Gasteiger partial charge on any atom is -0.325 e. The second kappa shape index (κ2) is 8.93. The number of hydrogen-bond donors (Lipinski definition) is 1. The lowest BCUT2D eigenvalue weighted by Gasteiger charge is -2.12. The van der Waals surface area contributed by atoms with Crippen LogP contribution in [0.15, 0.2) is 47.4 Å². The topological polar surface area (TPSA) is 110 Å². The van der Waals surface area contributed by atoms with Crippen molar-refractivity contribution in [3.8, 4) is 0 Å². The maximum atomic E-state index is 12.5. The Kier molecular flexibility index (Phi) is 6.55. The van der Waals surface area contributed by atoms with Crippen molar-refractivity contribution < 1.29 is 19.3 Å². The van der Waals surface area contributed by atoms with Crippen molar-refractivity contribution in [2.24, 2.45) is 0 Å². The van der Waals surface area contributed by atoms with Gasteiger partial charge in [-0.25, -0.2) is 0 Å². The van der Waals surface area contributed by atoms with E-state index in [1.165, 1.54) is 24.3 Å². The predicted octanol–water partition coefficient (Wildman–Crippen LogP) is 4.53. The lowest BCUT2D eigenvalue weighted by molar-refractivity contribution is -0.384. The van der Waals surface area contributed by atoms with Gasteiger partial charge in [-0.2, -0.15) is 0 Å². The lowest BCUT2D eigenvalue weighted by atomic mass is 10.2. The molecule has 3 rings (SSSR count). The number of carbonyl (C=O) groups is 3. The second-order valence-corrected chi connectivity index (χ2v) is 8.43. The summed E-state index contributed by atoms with van der Waals surface area (Å²) in [7, 11) is 0. The third kappa shape index (κ3) is 5.14. The van der Waals surface area contributed by atoms with Gasteiger partial charge in [0.05, 0.1) is 9.83 Å². The highest BCUT2D eigenvalue weighted by atomic mass is 127. The van der Waals surface area contributed by atoms with Gasteiger partial charge in [-0.05, 0) is 70.8 Å². The van der Waals surface area contributed by atoms with Gasteiger partial charge in [-0.3, -0.25) is 29.4 Å². The molecular formula is C18H11ClIN3O5S. The largest absolute Gasteiger partial charge is 0.325 e. The molecule has 3 amide bonds. The van der Waals surface area contributed by atoms with Crippen molar-refractivity contribution in [2.45, 2.75) is 0 Å². The highest BCUT2D eigenvalue weighted by Gasteiger charge is 2.36. The van der Waals surface area contributed by atoms with Crippen molar-refractivity contribution in [3.05, 3.63) is 71.6 Å². The van der Waals surface area contributed by atoms with Crippen LogP contribution in [-0.2, 0) is 9.59 Å². The van der Waals surface area contributed by atoms with E-state index >= 15 is 0 Å². The summed E-state index contributed by atoms with van der Waals surface area (Å²) < 4.78 is 0.997. The van der Waals surface area contributed by atoms with E-state index in [9.17, 15) is 24.5 Å². The third-order valence-electron chi connectivity index (χ3n) is 3.78. The number of nitrogens with zero attached hydrogens (tertiary/aromatic N) is 2. The molecule has 1 aliphatic heterocycles. The van der Waals surface area contributed by atoms with Gasteiger partial charge in [0.1, 0.15) is 6.54 Å². The van der Waals surface area contributed by atoms with Crippen LogP contribution in [0.25, 0.3) is 6.08 Å². The van der Waals surface area contributed by atoms with Crippen LogP contribution in [-0.4, -0.2) is 33.4 Å². The van der Waals surface area contributed by atoms with Crippen LogP contribution in [0.1, 0.15) is 5.56 Å². The van der Waals surface area contributed by atoms with Gasteiger partial charge < -0.3 is 5.32 Å². The number of thioether (sulfide) groups is 1. The van der Waals surface area contributed by atoms with Crippen molar-refractivity contribution in [3.63, 3.8) is 0 Å². The van der Waals surface area contributed by atoms with Gasteiger partial charge in [0.25, 0.3) is 16.8 Å². The van der Waals surface area contributed by atoms with Gasteiger partial charge in [0.2, 0.25) is 5.91 Å². The third-order valence-corrected chi connectivity index (χ3v) is 5.75. The molecule has 0 spiro atoms. The fourth-order valence-corrected chi connectivity index (χ4v) is 3.77. The van der Waals surface area contributed by atoms with E-state index in [4.69, 9.17) is 11.6 Å². The normalized spacial score (nSPS) is 15.1. The zero-order chi connectivity index (χ0) is 21.1. The van der Waals surface area contributed by atoms with E-state index < -0.39 is 28.5 Å². The smallest absolute Gasteiger partial charge is 0.294 e. The summed E-state index contributed by atoms with van der Waals surface area (Å²) >= 11 is 8.80. The Bertz CT molecular complexity index is 1060. The van der Waals surface area contributed by atoms with Crippen LogP contribution < -0.4 is 5.32 Å². The monoisotopic (exact) mass is 543 g/mol. The Balaban J connectivity index is 1.75. The van der Waals surface area contributed by atoms with Crippen molar-refractivity contribution in [1.29, 1.82) is 0 Å². The summed E-state index contributed by atoms with van der Waals surface area (Å²) in [5.74, 6) is -1.19.